The topological polar surface area (TPSA) is 69.6 Å². The van der Waals surface area contributed by atoms with E-state index in [1.54, 1.807) is 12.2 Å². The molecule has 0 aliphatic rings. The Bertz CT molecular complexity index is 556. The number of hydrogen-bond donors (Lipinski definition) is 3. The molecule has 0 radical (unpaired) electrons. The van der Waals surface area contributed by atoms with Crippen LogP contribution in [0.2, 0.25) is 0 Å². The van der Waals surface area contributed by atoms with Gasteiger partial charge in [0.2, 0.25) is 5.91 Å². The van der Waals surface area contributed by atoms with Crippen LogP contribution >= 0.6 is 0 Å². The van der Waals surface area contributed by atoms with Crippen molar-refractivity contribution in [3.05, 3.63) is 36.5 Å². The van der Waals surface area contributed by atoms with Crippen LogP contribution in [-0.2, 0) is 4.79 Å². The second-order valence-electron chi connectivity index (χ2n) is 10.2. The first-order valence-electron chi connectivity index (χ1n) is 15.2. The molecule has 36 heavy (non-hydrogen) atoms. The smallest absolute Gasteiger partial charge is 0.220 e. The Morgan fingerprint density at radius 3 is 1.67 bits per heavy atom. The lowest BCUT2D eigenvalue weighted by atomic mass is 10.1. The molecule has 0 spiro atoms. The number of amides is 1. The molecule has 4 nitrogen and oxygen atoms in total. The number of rotatable bonds is 26. The third-order valence-electron chi connectivity index (χ3n) is 6.65. The first-order valence-corrected chi connectivity index (χ1v) is 15.2. The van der Waals surface area contributed by atoms with E-state index in [0.717, 1.165) is 32.1 Å². The molecular formula is C32H59NO3. The van der Waals surface area contributed by atoms with Gasteiger partial charge < -0.3 is 15.5 Å². The molecule has 0 aliphatic carbocycles. The van der Waals surface area contributed by atoms with Crippen LogP contribution in [0.4, 0.5) is 0 Å². The zero-order valence-electron chi connectivity index (χ0n) is 23.8. The maximum atomic E-state index is 12.2. The molecule has 0 rings (SSSR count). The van der Waals surface area contributed by atoms with Crippen molar-refractivity contribution < 1.29 is 15.0 Å². The Hall–Kier alpha value is -1.39. The second-order valence-corrected chi connectivity index (χ2v) is 10.2. The highest BCUT2D eigenvalue weighted by Gasteiger charge is 2.17. The van der Waals surface area contributed by atoms with Crippen LogP contribution in [0, 0.1) is 0 Å². The van der Waals surface area contributed by atoms with E-state index in [-0.39, 0.29) is 12.5 Å². The first kappa shape index (κ1) is 34.6. The van der Waals surface area contributed by atoms with Gasteiger partial charge in [-0.05, 0) is 44.9 Å². The minimum Gasteiger partial charge on any atom is -0.394 e. The fraction of sp³-hybridized carbons (Fsp3) is 0.781. The fourth-order valence-corrected chi connectivity index (χ4v) is 4.23. The molecule has 4 heteroatoms. The molecule has 0 aromatic heterocycles. The van der Waals surface area contributed by atoms with Crippen molar-refractivity contribution in [3.63, 3.8) is 0 Å². The van der Waals surface area contributed by atoms with Gasteiger partial charge >= 0.3 is 0 Å². The SMILES string of the molecule is CCCCCCC/C=C/C=C/[C@@H](O)[C@H](CO)NC(=O)CCCCCCC/C=C\CCCCCCCC. The number of aliphatic hydroxyl groups excluding tert-OH is 2. The number of nitrogens with one attached hydrogen (secondary N) is 1. The van der Waals surface area contributed by atoms with Crippen LogP contribution in [0.3, 0.4) is 0 Å². The lowest BCUT2D eigenvalue weighted by Crippen LogP contribution is -2.45. The quantitative estimate of drug-likeness (QED) is 0.0628. The van der Waals surface area contributed by atoms with Crippen molar-refractivity contribution in [1.82, 2.24) is 5.32 Å². The van der Waals surface area contributed by atoms with Crippen LogP contribution in [0.25, 0.3) is 0 Å². The van der Waals surface area contributed by atoms with Crippen LogP contribution in [0.1, 0.15) is 142 Å². The van der Waals surface area contributed by atoms with E-state index < -0.39 is 12.1 Å². The maximum absolute atomic E-state index is 12.2. The number of aliphatic hydroxyl groups is 2. The largest absolute Gasteiger partial charge is 0.394 e. The molecule has 0 unspecified atom stereocenters. The predicted octanol–water partition coefficient (Wildman–Crippen LogP) is 8.33. The highest BCUT2D eigenvalue weighted by atomic mass is 16.3. The third-order valence-corrected chi connectivity index (χ3v) is 6.65. The van der Waals surface area contributed by atoms with Crippen molar-refractivity contribution in [2.24, 2.45) is 0 Å². The molecule has 0 fully saturated rings. The minimum atomic E-state index is -0.887. The van der Waals surface area contributed by atoms with Crippen molar-refractivity contribution in [2.45, 2.75) is 154 Å². The van der Waals surface area contributed by atoms with E-state index in [1.165, 1.54) is 89.9 Å². The predicted molar refractivity (Wildman–Crippen MR) is 156 cm³/mol. The Morgan fingerprint density at radius 2 is 1.14 bits per heavy atom. The lowest BCUT2D eigenvalue weighted by molar-refractivity contribution is -0.123. The summed E-state index contributed by atoms with van der Waals surface area (Å²) in [4.78, 5) is 12.2. The number of unbranched alkanes of at least 4 members (excludes halogenated alkanes) is 16. The normalized spacial score (nSPS) is 13.8. The minimum absolute atomic E-state index is 0.0956. The molecule has 0 aromatic carbocycles. The molecule has 1 amide bonds. The standard InChI is InChI=1S/C32H59NO3/c1-3-5-7-9-11-13-14-15-16-17-18-20-22-24-26-28-32(36)33-30(29-34)31(35)27-25-23-21-19-12-10-8-6-4-2/h15-16,21,23,25,27,30-31,34-35H,3-14,17-20,22,24,26,28-29H2,1-2H3,(H,33,36)/b16-15-,23-21+,27-25+/t30-,31+/m0/s1. The number of hydrogen-bond acceptors (Lipinski definition) is 3. The summed E-state index contributed by atoms with van der Waals surface area (Å²) in [6, 6.07) is -0.653. The average molecular weight is 506 g/mol. The zero-order chi connectivity index (χ0) is 26.5. The van der Waals surface area contributed by atoms with Gasteiger partial charge in [-0.1, -0.05) is 127 Å². The molecule has 0 aromatic rings. The highest BCUT2D eigenvalue weighted by molar-refractivity contribution is 5.76. The fourth-order valence-electron chi connectivity index (χ4n) is 4.23. The van der Waals surface area contributed by atoms with E-state index in [2.05, 4.69) is 37.4 Å². The molecule has 0 aliphatic heterocycles. The second kappa shape index (κ2) is 28.2. The molecule has 210 valence electrons. The molecular weight excluding hydrogens is 446 g/mol. The van der Waals surface area contributed by atoms with Crippen LogP contribution in [-0.4, -0.2) is 34.9 Å². The summed E-state index contributed by atoms with van der Waals surface area (Å²) in [5.74, 6) is -0.0956. The Labute approximate surface area is 223 Å². The van der Waals surface area contributed by atoms with Gasteiger partial charge in [0.15, 0.2) is 0 Å². The van der Waals surface area contributed by atoms with Gasteiger partial charge in [0.1, 0.15) is 0 Å². The summed E-state index contributed by atoms with van der Waals surface area (Å²) in [5, 5.41) is 22.6. The van der Waals surface area contributed by atoms with E-state index >= 15 is 0 Å². The summed E-state index contributed by atoms with van der Waals surface area (Å²) < 4.78 is 0. The van der Waals surface area contributed by atoms with Crippen LogP contribution in [0.5, 0.6) is 0 Å². The number of allylic oxidation sites excluding steroid dienone is 5. The molecule has 0 saturated carbocycles. The van der Waals surface area contributed by atoms with E-state index in [0.29, 0.717) is 6.42 Å². The van der Waals surface area contributed by atoms with Gasteiger partial charge in [0.25, 0.3) is 0 Å². The summed E-state index contributed by atoms with van der Waals surface area (Å²) >= 11 is 0. The average Bonchev–Trinajstić information content (AvgIpc) is 2.88. The molecule has 0 heterocycles. The van der Waals surface area contributed by atoms with Gasteiger partial charge in [0.05, 0.1) is 18.8 Å². The Balaban J connectivity index is 3.74. The van der Waals surface area contributed by atoms with Gasteiger partial charge in [-0.25, -0.2) is 0 Å². The maximum Gasteiger partial charge on any atom is 0.220 e. The van der Waals surface area contributed by atoms with Gasteiger partial charge in [-0.2, -0.15) is 0 Å². The van der Waals surface area contributed by atoms with Gasteiger partial charge in [-0.3, -0.25) is 4.79 Å². The Morgan fingerprint density at radius 1 is 0.667 bits per heavy atom. The van der Waals surface area contributed by atoms with E-state index in [1.807, 2.05) is 6.08 Å². The number of carbonyl (C=O) groups excluding carboxylic acids is 1. The summed E-state index contributed by atoms with van der Waals surface area (Å²) in [5.41, 5.74) is 0. The van der Waals surface area contributed by atoms with Crippen molar-refractivity contribution in [2.75, 3.05) is 6.61 Å². The van der Waals surface area contributed by atoms with Crippen LogP contribution < -0.4 is 5.32 Å². The van der Waals surface area contributed by atoms with Gasteiger partial charge in [0, 0.05) is 6.42 Å². The summed E-state index contributed by atoms with van der Waals surface area (Å²) in [7, 11) is 0. The molecule has 0 bridgehead atoms. The summed E-state index contributed by atoms with van der Waals surface area (Å²) in [6.45, 7) is 4.21. The van der Waals surface area contributed by atoms with Crippen molar-refractivity contribution >= 4 is 5.91 Å². The Kier molecular flexibility index (Phi) is 27.1. The third kappa shape index (κ3) is 24.3. The number of carbonyl (C=O) groups is 1. The van der Waals surface area contributed by atoms with Crippen molar-refractivity contribution in [3.8, 4) is 0 Å². The van der Waals surface area contributed by atoms with Crippen LogP contribution in [0.15, 0.2) is 36.5 Å². The van der Waals surface area contributed by atoms with E-state index in [9.17, 15) is 15.0 Å². The monoisotopic (exact) mass is 505 g/mol. The van der Waals surface area contributed by atoms with Crippen molar-refractivity contribution in [1.29, 1.82) is 0 Å². The summed E-state index contributed by atoms with van der Waals surface area (Å²) in [6.07, 6.45) is 35.1. The van der Waals surface area contributed by atoms with E-state index in [4.69, 9.17) is 0 Å². The highest BCUT2D eigenvalue weighted by Crippen LogP contribution is 2.10. The lowest BCUT2D eigenvalue weighted by Gasteiger charge is -2.19. The van der Waals surface area contributed by atoms with Gasteiger partial charge in [-0.15, -0.1) is 0 Å². The molecule has 0 saturated heterocycles. The molecule has 2 atom stereocenters. The zero-order valence-corrected chi connectivity index (χ0v) is 23.8. The first-order chi connectivity index (χ1) is 17.7. The molecule has 3 N–H and O–H groups in total.